The third-order valence-electron chi connectivity index (χ3n) is 3.72. The Morgan fingerprint density at radius 2 is 2.18 bits per heavy atom. The van der Waals surface area contributed by atoms with E-state index >= 15 is 0 Å². The molecule has 5 N–H and O–H groups in total. The van der Waals surface area contributed by atoms with E-state index in [1.807, 2.05) is 30.3 Å². The number of benzene rings is 2. The van der Waals surface area contributed by atoms with E-state index < -0.39 is 0 Å². The van der Waals surface area contributed by atoms with Crippen molar-refractivity contribution in [1.82, 2.24) is 10.3 Å². The number of phenols is 1. The van der Waals surface area contributed by atoms with Crippen LogP contribution < -0.4 is 16.4 Å². The number of anilines is 2. The zero-order valence-corrected chi connectivity index (χ0v) is 16.0. The predicted octanol–water partition coefficient (Wildman–Crippen LogP) is 2.69. The molecule has 7 heteroatoms. The number of carbonyl (C=O) groups excluding carboxylic acids is 1. The third-order valence-corrected chi connectivity index (χ3v) is 4.56. The molecule has 0 bridgehead atoms. The zero-order chi connectivity index (χ0) is 19.9. The first-order valence-corrected chi connectivity index (χ1v) is 9.28. The molecule has 1 aromatic heterocycles. The van der Waals surface area contributed by atoms with Crippen LogP contribution in [0.15, 0.2) is 36.4 Å². The van der Waals surface area contributed by atoms with Crippen LogP contribution in [0.1, 0.15) is 18.1 Å². The number of aromatic nitrogens is 1. The number of aromatic hydroxyl groups is 1. The van der Waals surface area contributed by atoms with Crippen molar-refractivity contribution in [3.05, 3.63) is 47.5 Å². The van der Waals surface area contributed by atoms with E-state index in [1.165, 1.54) is 11.3 Å². The quantitative estimate of drug-likeness (QED) is 0.513. The maximum Gasteiger partial charge on any atom is 0.296 e. The van der Waals surface area contributed by atoms with Crippen LogP contribution in [0.2, 0.25) is 0 Å². The molecule has 0 saturated carbocycles. The van der Waals surface area contributed by atoms with Crippen LogP contribution in [0.25, 0.3) is 10.2 Å². The topological polar surface area (TPSA) is 100 Å². The summed E-state index contributed by atoms with van der Waals surface area (Å²) in [7, 11) is 0. The molecular weight excluding hydrogens is 372 g/mol. The van der Waals surface area contributed by atoms with E-state index in [2.05, 4.69) is 39.3 Å². The number of rotatable bonds is 4. The zero-order valence-electron chi connectivity index (χ0n) is 15.2. The summed E-state index contributed by atoms with van der Waals surface area (Å²) in [6.07, 6.45) is 0. The number of nitrogen functional groups attached to an aromatic ring is 1. The fourth-order valence-corrected chi connectivity index (χ4v) is 3.32. The van der Waals surface area contributed by atoms with Gasteiger partial charge in [-0.15, -0.1) is 0 Å². The molecule has 0 atom stereocenters. The number of hydrogen-bond donors (Lipinski definition) is 4. The summed E-state index contributed by atoms with van der Waals surface area (Å²) in [5.74, 6) is 10.8. The minimum absolute atomic E-state index is 0.0743. The number of hydrogen-bond acceptors (Lipinski definition) is 6. The van der Waals surface area contributed by atoms with Gasteiger partial charge in [0.1, 0.15) is 11.3 Å². The molecule has 1 heterocycles. The fourth-order valence-electron chi connectivity index (χ4n) is 2.52. The highest BCUT2D eigenvalue weighted by molar-refractivity contribution is 7.22. The highest BCUT2D eigenvalue weighted by Gasteiger charge is 2.07. The molecule has 0 aliphatic rings. The number of nitrogens with one attached hydrogen (secondary N) is 2. The van der Waals surface area contributed by atoms with Gasteiger partial charge in [-0.3, -0.25) is 4.79 Å². The van der Waals surface area contributed by atoms with E-state index in [9.17, 15) is 9.90 Å². The first-order valence-electron chi connectivity index (χ1n) is 8.46. The van der Waals surface area contributed by atoms with Crippen LogP contribution >= 0.6 is 11.3 Å². The molecule has 0 aliphatic heterocycles. The standard InChI is InChI=1S/C21H18N4O2S/c1-2-5-19(27)24-13-15-6-3-8-16(10-15)23-9-4-7-14-11-17(26)20-18(12-14)28-21(22)25-20/h3,6,8,10-12,23,26H,9,13H2,1H3,(H2,22,25)(H,24,27). The summed E-state index contributed by atoms with van der Waals surface area (Å²) in [4.78, 5) is 15.5. The molecule has 0 spiro atoms. The Morgan fingerprint density at radius 3 is 3.00 bits per heavy atom. The van der Waals surface area contributed by atoms with Crippen molar-refractivity contribution in [1.29, 1.82) is 0 Å². The van der Waals surface area contributed by atoms with Gasteiger partial charge in [0.05, 0.1) is 11.2 Å². The minimum atomic E-state index is -0.297. The van der Waals surface area contributed by atoms with Crippen molar-refractivity contribution in [2.45, 2.75) is 13.5 Å². The lowest BCUT2D eigenvalue weighted by atomic mass is 10.2. The summed E-state index contributed by atoms with van der Waals surface area (Å²) in [6, 6.07) is 11.1. The Balaban J connectivity index is 1.60. The molecule has 3 aromatic rings. The lowest BCUT2D eigenvalue weighted by Crippen LogP contribution is -2.20. The maximum absolute atomic E-state index is 11.4. The van der Waals surface area contributed by atoms with E-state index in [1.54, 1.807) is 13.0 Å². The molecule has 3 rings (SSSR count). The average Bonchev–Trinajstić information content (AvgIpc) is 3.05. The highest BCUT2D eigenvalue weighted by atomic mass is 32.1. The molecule has 0 saturated heterocycles. The second kappa shape index (κ2) is 8.81. The number of nitrogens with zero attached hydrogens (tertiary/aromatic N) is 1. The van der Waals surface area contributed by atoms with E-state index in [-0.39, 0.29) is 11.7 Å². The van der Waals surface area contributed by atoms with Gasteiger partial charge in [0.25, 0.3) is 5.91 Å². The van der Waals surface area contributed by atoms with Crippen molar-refractivity contribution in [2.75, 3.05) is 17.6 Å². The van der Waals surface area contributed by atoms with Gasteiger partial charge in [0.15, 0.2) is 5.13 Å². The van der Waals surface area contributed by atoms with Gasteiger partial charge >= 0.3 is 0 Å². The minimum Gasteiger partial charge on any atom is -0.506 e. The third kappa shape index (κ3) is 4.94. The normalized spacial score (nSPS) is 9.75. The maximum atomic E-state index is 11.4. The van der Waals surface area contributed by atoms with Gasteiger partial charge in [-0.1, -0.05) is 41.2 Å². The number of phenolic OH excluding ortho intramolecular Hbond substituents is 1. The lowest BCUT2D eigenvalue weighted by molar-refractivity contribution is -0.115. The molecular formula is C21H18N4O2S. The number of thiazole rings is 1. The molecule has 2 aromatic carbocycles. The Labute approximate surface area is 166 Å². The fraction of sp³-hybridized carbons (Fsp3) is 0.143. The number of carbonyl (C=O) groups is 1. The Kier molecular flexibility index (Phi) is 6.01. The molecule has 28 heavy (non-hydrogen) atoms. The van der Waals surface area contributed by atoms with Crippen molar-refractivity contribution < 1.29 is 9.90 Å². The Morgan fingerprint density at radius 1 is 1.32 bits per heavy atom. The van der Waals surface area contributed by atoms with Crippen molar-refractivity contribution in [2.24, 2.45) is 0 Å². The predicted molar refractivity (Wildman–Crippen MR) is 113 cm³/mol. The Hall–Kier alpha value is -3.68. The average molecular weight is 390 g/mol. The van der Waals surface area contributed by atoms with E-state index in [0.29, 0.717) is 29.3 Å². The van der Waals surface area contributed by atoms with Gasteiger partial charge in [-0.2, -0.15) is 0 Å². The van der Waals surface area contributed by atoms with E-state index in [4.69, 9.17) is 5.73 Å². The van der Waals surface area contributed by atoms with Crippen molar-refractivity contribution in [3.8, 4) is 29.4 Å². The Bertz CT molecular complexity index is 1150. The van der Waals surface area contributed by atoms with Crippen molar-refractivity contribution in [3.63, 3.8) is 0 Å². The smallest absolute Gasteiger partial charge is 0.296 e. The van der Waals surface area contributed by atoms with Gasteiger partial charge in [-0.05, 0) is 42.7 Å². The first-order chi connectivity index (χ1) is 13.5. The molecule has 0 unspecified atom stereocenters. The molecule has 0 radical (unpaired) electrons. The second-order valence-electron chi connectivity index (χ2n) is 5.81. The number of nitrogens with two attached hydrogens (primary N) is 1. The molecule has 0 fully saturated rings. The van der Waals surface area contributed by atoms with Crippen LogP contribution in [-0.2, 0) is 11.3 Å². The SMILES string of the molecule is CC#CC(=O)NCc1cccc(NCC#Cc2cc(O)c3nc(N)sc3c2)c1. The van der Waals surface area contributed by atoms with Crippen LogP contribution in [0, 0.1) is 23.7 Å². The largest absolute Gasteiger partial charge is 0.506 e. The van der Waals surface area contributed by atoms with Crippen molar-refractivity contribution >= 4 is 38.3 Å². The monoisotopic (exact) mass is 390 g/mol. The van der Waals surface area contributed by atoms with E-state index in [0.717, 1.165) is 16.0 Å². The molecule has 0 aliphatic carbocycles. The highest BCUT2D eigenvalue weighted by Crippen LogP contribution is 2.31. The van der Waals surface area contributed by atoms with Gasteiger partial charge < -0.3 is 21.5 Å². The van der Waals surface area contributed by atoms with Crippen LogP contribution in [0.4, 0.5) is 10.8 Å². The summed E-state index contributed by atoms with van der Waals surface area (Å²) in [5.41, 5.74) is 8.74. The summed E-state index contributed by atoms with van der Waals surface area (Å²) < 4.78 is 0.803. The number of fused-ring (bicyclic) bond motifs is 1. The lowest BCUT2D eigenvalue weighted by Gasteiger charge is -2.06. The van der Waals surface area contributed by atoms with Crippen LogP contribution in [-0.4, -0.2) is 22.5 Å². The summed E-state index contributed by atoms with van der Waals surface area (Å²) >= 11 is 1.31. The molecule has 1 amide bonds. The summed E-state index contributed by atoms with van der Waals surface area (Å²) in [5, 5.41) is 16.4. The first kappa shape index (κ1) is 19.1. The van der Waals surface area contributed by atoms with Gasteiger partial charge in [0.2, 0.25) is 0 Å². The molecule has 6 nitrogen and oxygen atoms in total. The number of amides is 1. The van der Waals surface area contributed by atoms with Gasteiger partial charge in [-0.25, -0.2) is 4.98 Å². The van der Waals surface area contributed by atoms with Crippen LogP contribution in [0.3, 0.4) is 0 Å². The molecule has 140 valence electrons. The summed E-state index contributed by atoms with van der Waals surface area (Å²) in [6.45, 7) is 2.46. The van der Waals surface area contributed by atoms with Gasteiger partial charge in [0, 0.05) is 17.8 Å². The van der Waals surface area contributed by atoms with Crippen LogP contribution in [0.5, 0.6) is 5.75 Å². The second-order valence-corrected chi connectivity index (χ2v) is 6.87.